The van der Waals surface area contributed by atoms with Crippen LogP contribution < -0.4 is 11.2 Å². The Kier molecular flexibility index (Phi) is 4.38. The first kappa shape index (κ1) is 17.8. The summed E-state index contributed by atoms with van der Waals surface area (Å²) in [4.78, 5) is 34.3. The van der Waals surface area contributed by atoms with E-state index >= 15 is 0 Å². The van der Waals surface area contributed by atoms with E-state index in [9.17, 15) is 18.4 Å². The molecule has 8 nitrogen and oxygen atoms in total. The van der Waals surface area contributed by atoms with Gasteiger partial charge in [0.2, 0.25) is 0 Å². The molecule has 0 spiro atoms. The minimum Gasteiger partial charge on any atom is -0.332 e. The van der Waals surface area contributed by atoms with Crippen molar-refractivity contribution in [2.24, 2.45) is 0 Å². The van der Waals surface area contributed by atoms with Crippen LogP contribution in [0.5, 0.6) is 0 Å². The van der Waals surface area contributed by atoms with Crippen molar-refractivity contribution in [3.05, 3.63) is 68.6 Å². The monoisotopic (exact) mass is 386 g/mol. The maximum Gasteiger partial charge on any atom is 0.330 e. The number of hydrogen-bond donors (Lipinski definition) is 2. The van der Waals surface area contributed by atoms with E-state index in [2.05, 4.69) is 20.1 Å². The fourth-order valence-electron chi connectivity index (χ4n) is 2.98. The van der Waals surface area contributed by atoms with Crippen molar-refractivity contribution in [3.8, 4) is 11.4 Å². The van der Waals surface area contributed by atoms with Crippen molar-refractivity contribution in [3.63, 3.8) is 0 Å². The van der Waals surface area contributed by atoms with Crippen LogP contribution in [0.15, 0.2) is 40.2 Å². The van der Waals surface area contributed by atoms with Gasteiger partial charge in [0.1, 0.15) is 11.3 Å². The van der Waals surface area contributed by atoms with Gasteiger partial charge in [-0.15, -0.1) is 0 Å². The van der Waals surface area contributed by atoms with Crippen LogP contribution in [0.2, 0.25) is 0 Å². The van der Waals surface area contributed by atoms with Crippen LogP contribution in [0.25, 0.3) is 22.6 Å². The van der Waals surface area contributed by atoms with E-state index in [0.717, 1.165) is 16.7 Å². The molecule has 0 amide bonds. The van der Waals surface area contributed by atoms with E-state index in [-0.39, 0.29) is 17.7 Å². The lowest BCUT2D eigenvalue weighted by molar-refractivity contribution is 0.506. The molecule has 0 bridgehead atoms. The maximum absolute atomic E-state index is 13.3. The molecule has 3 aromatic heterocycles. The topological polar surface area (TPSA) is 101 Å². The van der Waals surface area contributed by atoms with Crippen LogP contribution in [0.1, 0.15) is 18.9 Å². The third-order valence-electron chi connectivity index (χ3n) is 4.32. The summed E-state index contributed by atoms with van der Waals surface area (Å²) >= 11 is 0. The fourth-order valence-corrected chi connectivity index (χ4v) is 2.98. The quantitative estimate of drug-likeness (QED) is 0.548. The molecule has 10 heteroatoms. The number of fused-ring (bicyclic) bond motifs is 1. The number of benzene rings is 1. The maximum atomic E-state index is 13.3. The second-order valence-electron chi connectivity index (χ2n) is 6.37. The summed E-state index contributed by atoms with van der Waals surface area (Å²) in [5.74, 6) is -1.46. The highest BCUT2D eigenvalue weighted by Gasteiger charge is 2.14. The van der Waals surface area contributed by atoms with Crippen LogP contribution in [0.3, 0.4) is 0 Å². The predicted molar refractivity (Wildman–Crippen MR) is 97.9 cm³/mol. The molecule has 4 rings (SSSR count). The Morgan fingerprint density at radius 3 is 2.71 bits per heavy atom. The molecular weight excluding hydrogens is 370 g/mol. The summed E-state index contributed by atoms with van der Waals surface area (Å²) in [5.41, 5.74) is 0.563. The number of H-pyrrole nitrogens is 2. The summed E-state index contributed by atoms with van der Waals surface area (Å²) in [7, 11) is 0. The van der Waals surface area contributed by atoms with E-state index in [1.807, 2.05) is 6.92 Å². The molecule has 0 fully saturated rings. The molecule has 1 aromatic carbocycles. The zero-order chi connectivity index (χ0) is 19.8. The van der Waals surface area contributed by atoms with Crippen LogP contribution in [-0.2, 0) is 13.1 Å². The van der Waals surface area contributed by atoms with Crippen molar-refractivity contribution in [1.82, 2.24) is 29.3 Å². The van der Waals surface area contributed by atoms with E-state index in [4.69, 9.17) is 0 Å². The first-order valence-corrected chi connectivity index (χ1v) is 8.66. The molecule has 0 atom stereocenters. The van der Waals surface area contributed by atoms with Crippen molar-refractivity contribution in [1.29, 1.82) is 0 Å². The largest absolute Gasteiger partial charge is 0.332 e. The molecule has 0 aliphatic rings. The number of nitrogens with zero attached hydrogens (tertiary/aromatic N) is 4. The van der Waals surface area contributed by atoms with Gasteiger partial charge in [-0.25, -0.2) is 18.6 Å². The summed E-state index contributed by atoms with van der Waals surface area (Å²) < 4.78 is 29.0. The summed E-state index contributed by atoms with van der Waals surface area (Å²) in [6.07, 6.45) is 3.83. The molecular formula is C18H16F2N6O2. The molecule has 3 heterocycles. The molecule has 0 saturated carbocycles. The van der Waals surface area contributed by atoms with Gasteiger partial charge in [-0.05, 0) is 24.1 Å². The van der Waals surface area contributed by atoms with Crippen molar-refractivity contribution in [2.75, 3.05) is 0 Å². The van der Waals surface area contributed by atoms with Gasteiger partial charge in [0.05, 0.1) is 18.3 Å². The highest BCUT2D eigenvalue weighted by molar-refractivity contribution is 5.74. The lowest BCUT2D eigenvalue weighted by Gasteiger charge is -2.02. The third-order valence-corrected chi connectivity index (χ3v) is 4.32. The summed E-state index contributed by atoms with van der Waals surface area (Å²) in [5, 5.41) is 4.18. The molecule has 0 radical (unpaired) electrons. The second kappa shape index (κ2) is 6.87. The number of aromatic nitrogens is 6. The molecule has 144 valence electrons. The Balaban J connectivity index is 1.67. The number of hydrogen-bond acceptors (Lipinski definition) is 4. The number of aromatic amines is 2. The average molecular weight is 386 g/mol. The van der Waals surface area contributed by atoms with Gasteiger partial charge in [0, 0.05) is 12.7 Å². The zero-order valence-corrected chi connectivity index (χ0v) is 14.9. The van der Waals surface area contributed by atoms with Crippen LogP contribution in [0.4, 0.5) is 8.78 Å². The number of nitrogens with one attached hydrogen (secondary N) is 2. The zero-order valence-electron chi connectivity index (χ0n) is 14.9. The van der Waals surface area contributed by atoms with Crippen LogP contribution in [-0.4, -0.2) is 29.3 Å². The second-order valence-corrected chi connectivity index (χ2v) is 6.37. The lowest BCUT2D eigenvalue weighted by atomic mass is 10.2. The minimum atomic E-state index is -0.922. The van der Waals surface area contributed by atoms with Crippen molar-refractivity contribution >= 4 is 11.2 Å². The smallest absolute Gasteiger partial charge is 0.330 e. The first-order chi connectivity index (χ1) is 13.5. The standard InChI is InChI=1S/C18H16F2N6O2/c1-2-5-26-17(27)14-16(24-18(26)28)23-15(22-14)11-7-21-25(9-11)8-10-3-4-12(19)13(20)6-10/h3-4,6-7,9H,2,5,8H2,1H3,(H,22,23)(H,24,28). The van der Waals surface area contributed by atoms with Gasteiger partial charge in [0.15, 0.2) is 17.3 Å². The molecule has 0 aliphatic heterocycles. The van der Waals surface area contributed by atoms with E-state index in [1.54, 1.807) is 6.20 Å². The third kappa shape index (κ3) is 3.13. The summed E-state index contributed by atoms with van der Waals surface area (Å²) in [6.45, 7) is 2.41. The fraction of sp³-hybridized carbons (Fsp3) is 0.222. The SMILES string of the molecule is CCCn1c(=O)[nH]c2nc(-c3cnn(Cc4ccc(F)c(F)c4)c3)[nH]c2c1=O. The average Bonchev–Trinajstić information content (AvgIpc) is 3.29. The molecule has 0 saturated heterocycles. The predicted octanol–water partition coefficient (Wildman–Crippen LogP) is 2.01. The van der Waals surface area contributed by atoms with Crippen LogP contribution >= 0.6 is 0 Å². The Bertz CT molecular complexity index is 1280. The van der Waals surface area contributed by atoms with Gasteiger partial charge < -0.3 is 4.98 Å². The van der Waals surface area contributed by atoms with Gasteiger partial charge in [-0.2, -0.15) is 5.10 Å². The Morgan fingerprint density at radius 2 is 1.96 bits per heavy atom. The summed E-state index contributed by atoms with van der Waals surface area (Å²) in [6, 6.07) is 3.65. The number of rotatable bonds is 5. The normalized spacial score (nSPS) is 11.4. The lowest BCUT2D eigenvalue weighted by Crippen LogP contribution is -2.34. The number of halogens is 2. The number of imidazole rings is 1. The molecule has 0 unspecified atom stereocenters. The molecule has 0 aliphatic carbocycles. The Morgan fingerprint density at radius 1 is 1.14 bits per heavy atom. The highest BCUT2D eigenvalue weighted by atomic mass is 19.2. The first-order valence-electron chi connectivity index (χ1n) is 8.66. The van der Waals surface area contributed by atoms with E-state index < -0.39 is 22.9 Å². The molecule has 2 N–H and O–H groups in total. The van der Waals surface area contributed by atoms with Crippen molar-refractivity contribution in [2.45, 2.75) is 26.4 Å². The Labute approximate surface area is 156 Å². The van der Waals surface area contributed by atoms with Crippen molar-refractivity contribution < 1.29 is 8.78 Å². The van der Waals surface area contributed by atoms with Gasteiger partial charge in [-0.1, -0.05) is 13.0 Å². The Hall–Kier alpha value is -3.56. The van der Waals surface area contributed by atoms with Gasteiger partial charge >= 0.3 is 5.69 Å². The van der Waals surface area contributed by atoms with E-state index in [1.165, 1.54) is 16.9 Å². The highest BCUT2D eigenvalue weighted by Crippen LogP contribution is 2.17. The minimum absolute atomic E-state index is 0.172. The van der Waals surface area contributed by atoms with E-state index in [0.29, 0.717) is 29.9 Å². The van der Waals surface area contributed by atoms with Gasteiger partial charge in [0.25, 0.3) is 5.56 Å². The van der Waals surface area contributed by atoms with Crippen LogP contribution in [0, 0.1) is 11.6 Å². The van der Waals surface area contributed by atoms with Gasteiger partial charge in [-0.3, -0.25) is 19.0 Å². The molecule has 4 aromatic rings. The molecule has 28 heavy (non-hydrogen) atoms.